The lowest BCUT2D eigenvalue weighted by atomic mass is 9.62. The number of unbranched alkanes of at least 4 members (excludes halogenated alkanes) is 1. The van der Waals surface area contributed by atoms with Crippen LogP contribution in [0, 0.1) is 17.8 Å². The Morgan fingerprint density at radius 2 is 1.83 bits per heavy atom. The minimum atomic E-state index is -1.14. The Balaban J connectivity index is 1.78. The molecule has 1 N–H and O–H groups in total. The van der Waals surface area contributed by atoms with Gasteiger partial charge >= 0.3 is 0 Å². The number of fused-ring (bicyclic) bond motifs is 1. The van der Waals surface area contributed by atoms with Crippen molar-refractivity contribution < 1.29 is 29.0 Å². The molecule has 1 aromatic carbocycles. The molecule has 3 saturated heterocycles. The van der Waals surface area contributed by atoms with Crippen molar-refractivity contribution in [1.29, 1.82) is 0 Å². The molecule has 0 saturated carbocycles. The molecule has 9 heteroatoms. The number of amides is 3. The second-order valence-corrected chi connectivity index (χ2v) is 11.9. The number of nitrogens with zero attached hydrogens (tertiary/aromatic N) is 3. The molecule has 3 fully saturated rings. The highest BCUT2D eigenvalue weighted by Crippen LogP contribution is 2.65. The predicted octanol–water partition coefficient (Wildman–Crippen LogP) is 3.81. The lowest BCUT2D eigenvalue weighted by molar-refractivity contribution is -0.152. The molecule has 2 bridgehead atoms. The van der Waals surface area contributed by atoms with Gasteiger partial charge in [0.2, 0.25) is 17.7 Å². The van der Waals surface area contributed by atoms with E-state index in [1.54, 1.807) is 26.9 Å². The van der Waals surface area contributed by atoms with E-state index in [4.69, 9.17) is 9.47 Å². The number of hydrogen-bond donors (Lipinski definition) is 1. The van der Waals surface area contributed by atoms with Gasteiger partial charge in [0.25, 0.3) is 0 Å². The van der Waals surface area contributed by atoms with Crippen LogP contribution in [0.25, 0.3) is 0 Å². The fourth-order valence-corrected chi connectivity index (χ4v) is 7.35. The van der Waals surface area contributed by atoms with Gasteiger partial charge in [-0.2, -0.15) is 0 Å². The van der Waals surface area contributed by atoms with Crippen LogP contribution in [-0.4, -0.2) is 89.3 Å². The molecule has 0 aromatic heterocycles. The van der Waals surface area contributed by atoms with E-state index in [9.17, 15) is 19.5 Å². The van der Waals surface area contributed by atoms with Crippen LogP contribution in [0.15, 0.2) is 49.6 Å². The van der Waals surface area contributed by atoms with E-state index >= 15 is 0 Å². The summed E-state index contributed by atoms with van der Waals surface area (Å²) in [5.41, 5.74) is -1.40. The zero-order valence-corrected chi connectivity index (χ0v) is 25.6. The lowest BCUT2D eigenvalue weighted by Crippen LogP contribution is -2.57. The van der Waals surface area contributed by atoms with Crippen molar-refractivity contribution in [2.45, 2.75) is 70.6 Å². The van der Waals surface area contributed by atoms with Crippen molar-refractivity contribution in [3.8, 4) is 5.75 Å². The minimum absolute atomic E-state index is 0.0713. The minimum Gasteiger partial charge on any atom is -0.494 e. The third-order valence-corrected chi connectivity index (χ3v) is 9.35. The van der Waals surface area contributed by atoms with Crippen LogP contribution in [-0.2, 0) is 19.1 Å². The summed E-state index contributed by atoms with van der Waals surface area (Å²) in [5.74, 6) is -1.64. The van der Waals surface area contributed by atoms with E-state index in [0.717, 1.165) is 12.8 Å². The zero-order valence-electron chi connectivity index (χ0n) is 25.6. The summed E-state index contributed by atoms with van der Waals surface area (Å²) in [6, 6.07) is 6.43. The maximum atomic E-state index is 14.6. The smallest absolute Gasteiger partial charge is 0.248 e. The number of hydrogen-bond acceptors (Lipinski definition) is 6. The molecule has 0 aliphatic carbocycles. The molecule has 42 heavy (non-hydrogen) atoms. The van der Waals surface area contributed by atoms with Gasteiger partial charge in [-0.25, -0.2) is 0 Å². The van der Waals surface area contributed by atoms with Crippen LogP contribution in [0.2, 0.25) is 0 Å². The highest BCUT2D eigenvalue weighted by Gasteiger charge is 2.80. The fourth-order valence-electron chi connectivity index (χ4n) is 7.35. The Kier molecular flexibility index (Phi) is 9.83. The maximum Gasteiger partial charge on any atom is 0.248 e. The van der Waals surface area contributed by atoms with Crippen molar-refractivity contribution in [1.82, 2.24) is 9.80 Å². The van der Waals surface area contributed by atoms with E-state index in [1.807, 2.05) is 45.0 Å². The molecular formula is C33H47N3O6. The zero-order chi connectivity index (χ0) is 30.7. The third kappa shape index (κ3) is 5.26. The van der Waals surface area contributed by atoms with Crippen molar-refractivity contribution >= 4 is 23.4 Å². The van der Waals surface area contributed by atoms with Gasteiger partial charge in [-0.15, -0.1) is 13.2 Å². The van der Waals surface area contributed by atoms with Gasteiger partial charge in [-0.05, 0) is 63.3 Å². The highest BCUT2D eigenvalue weighted by atomic mass is 16.5. The molecule has 230 valence electrons. The molecule has 3 unspecified atom stereocenters. The first-order chi connectivity index (χ1) is 20.1. The molecule has 9 nitrogen and oxygen atoms in total. The number of benzene rings is 1. The molecule has 6 atom stereocenters. The van der Waals surface area contributed by atoms with Crippen molar-refractivity contribution in [2.24, 2.45) is 17.8 Å². The Hall–Kier alpha value is -3.17. The normalized spacial score (nSPS) is 29.4. The first kappa shape index (κ1) is 31.8. The summed E-state index contributed by atoms with van der Waals surface area (Å²) in [6.45, 7) is 17.5. The number of ether oxygens (including phenoxy) is 2. The SMILES string of the molecule is C=CCN(CCCC)C(=O)C1N(CCCO)C(=O)[C@@H]2[C@@H](C(=O)N(CC=C)c3ccc(OCC)cc3)[C@]3(C)OC12CC3C. The Labute approximate surface area is 250 Å². The number of aliphatic hydroxyl groups is 1. The number of carbonyl (C=O) groups excluding carboxylic acids is 3. The maximum absolute atomic E-state index is 14.6. The van der Waals surface area contributed by atoms with Crippen molar-refractivity contribution in [2.75, 3.05) is 44.3 Å². The fraction of sp³-hybridized carbons (Fsp3) is 0.606. The molecule has 3 amide bonds. The van der Waals surface area contributed by atoms with E-state index in [2.05, 4.69) is 20.1 Å². The topological polar surface area (TPSA) is 99.6 Å². The third-order valence-electron chi connectivity index (χ3n) is 9.35. The number of carbonyl (C=O) groups is 3. The number of likely N-dealkylation sites (tertiary alicyclic amines) is 1. The van der Waals surface area contributed by atoms with E-state index in [-0.39, 0.29) is 43.3 Å². The predicted molar refractivity (Wildman–Crippen MR) is 162 cm³/mol. The van der Waals surface area contributed by atoms with Gasteiger partial charge in [0.1, 0.15) is 17.4 Å². The summed E-state index contributed by atoms with van der Waals surface area (Å²) < 4.78 is 12.5. The van der Waals surface area contributed by atoms with Crippen LogP contribution in [0.1, 0.15) is 53.4 Å². The van der Waals surface area contributed by atoms with Crippen LogP contribution >= 0.6 is 0 Å². The second-order valence-electron chi connectivity index (χ2n) is 11.9. The van der Waals surface area contributed by atoms with Crippen molar-refractivity contribution in [3.63, 3.8) is 0 Å². The standard InChI is InChI=1S/C33H47N3O6/c1-7-11-19-34(17-8-2)31(40)28-33-22-23(5)32(6,42-33)26(27(33)30(39)36(28)20-12-21-37)29(38)35(18-9-3)24-13-15-25(16-14-24)41-10-4/h8-9,13-16,23,26-28,37H,2-3,7,10-12,17-22H2,1,4-6H3/t23?,26-,27-,28?,32+,33?/m0/s1. The van der Waals surface area contributed by atoms with E-state index in [0.29, 0.717) is 44.0 Å². The van der Waals surface area contributed by atoms with Crippen LogP contribution < -0.4 is 9.64 Å². The quantitative estimate of drug-likeness (QED) is 0.316. The molecule has 4 rings (SSSR count). The Bertz CT molecular complexity index is 1170. The average Bonchev–Trinajstić information content (AvgIpc) is 3.49. The van der Waals surface area contributed by atoms with Gasteiger partial charge in [0.15, 0.2) is 0 Å². The van der Waals surface area contributed by atoms with Crippen molar-refractivity contribution in [3.05, 3.63) is 49.6 Å². The van der Waals surface area contributed by atoms with E-state index in [1.165, 1.54) is 0 Å². The molecule has 3 aliphatic heterocycles. The first-order valence-electron chi connectivity index (χ1n) is 15.3. The molecular weight excluding hydrogens is 534 g/mol. The van der Waals surface area contributed by atoms with Crippen LogP contribution in [0.3, 0.4) is 0 Å². The highest BCUT2D eigenvalue weighted by molar-refractivity contribution is 6.03. The second kappa shape index (κ2) is 13.0. The largest absolute Gasteiger partial charge is 0.494 e. The average molecular weight is 582 g/mol. The summed E-state index contributed by atoms with van der Waals surface area (Å²) in [5, 5.41) is 9.66. The van der Waals surface area contributed by atoms with Gasteiger partial charge < -0.3 is 29.3 Å². The summed E-state index contributed by atoms with van der Waals surface area (Å²) in [6.07, 6.45) is 5.93. The Morgan fingerprint density at radius 3 is 2.43 bits per heavy atom. The molecule has 1 spiro atoms. The summed E-state index contributed by atoms with van der Waals surface area (Å²) in [4.78, 5) is 48.3. The van der Waals surface area contributed by atoms with Gasteiger partial charge in [0, 0.05) is 38.5 Å². The first-order valence-corrected chi connectivity index (χ1v) is 15.3. The molecule has 0 radical (unpaired) electrons. The Morgan fingerprint density at radius 1 is 1.14 bits per heavy atom. The summed E-state index contributed by atoms with van der Waals surface area (Å²) >= 11 is 0. The van der Waals surface area contributed by atoms with Gasteiger partial charge in [-0.3, -0.25) is 14.4 Å². The molecule has 3 aliphatic rings. The lowest BCUT2D eigenvalue weighted by Gasteiger charge is -2.39. The van der Waals surface area contributed by atoms with Crippen LogP contribution in [0.5, 0.6) is 5.75 Å². The number of anilines is 1. The number of rotatable bonds is 15. The van der Waals surface area contributed by atoms with E-state index < -0.39 is 29.1 Å². The van der Waals surface area contributed by atoms with Gasteiger partial charge in [-0.1, -0.05) is 32.4 Å². The summed E-state index contributed by atoms with van der Waals surface area (Å²) in [7, 11) is 0. The van der Waals surface area contributed by atoms with Crippen LogP contribution in [0.4, 0.5) is 5.69 Å². The number of aliphatic hydroxyl groups excluding tert-OH is 1. The molecule has 3 heterocycles. The monoisotopic (exact) mass is 581 g/mol. The van der Waals surface area contributed by atoms with Gasteiger partial charge in [0.05, 0.1) is 24.0 Å². The molecule has 1 aromatic rings.